The lowest BCUT2D eigenvalue weighted by Gasteiger charge is -2.29. The number of hydrogen-bond donors (Lipinski definition) is 0. The molecular formula is C21H20N2O4. The Labute approximate surface area is 157 Å². The predicted molar refractivity (Wildman–Crippen MR) is 99.2 cm³/mol. The fraction of sp³-hybridized carbons (Fsp3) is 0.333. The van der Waals surface area contributed by atoms with Gasteiger partial charge in [-0.25, -0.2) is 5.01 Å². The third-order valence-corrected chi connectivity index (χ3v) is 5.59. The monoisotopic (exact) mass is 364 g/mol. The molecule has 0 aromatic heterocycles. The highest BCUT2D eigenvalue weighted by Crippen LogP contribution is 2.46. The Bertz CT molecular complexity index is 969. The maximum Gasteiger partial charge on any atom is 0.240 e. The highest BCUT2D eigenvalue weighted by atomic mass is 16.7. The van der Waals surface area contributed by atoms with Crippen LogP contribution in [-0.2, 0) is 11.2 Å². The van der Waals surface area contributed by atoms with E-state index in [0.717, 1.165) is 46.9 Å². The van der Waals surface area contributed by atoms with Gasteiger partial charge in [0.25, 0.3) is 0 Å². The van der Waals surface area contributed by atoms with Crippen LogP contribution in [0.15, 0.2) is 41.5 Å². The van der Waals surface area contributed by atoms with Gasteiger partial charge in [-0.05, 0) is 48.2 Å². The average molecular weight is 364 g/mol. The van der Waals surface area contributed by atoms with Crippen LogP contribution in [0.25, 0.3) is 0 Å². The number of amides is 1. The van der Waals surface area contributed by atoms with Crippen LogP contribution in [0.2, 0.25) is 0 Å². The summed E-state index contributed by atoms with van der Waals surface area (Å²) in [6, 6.07) is 11.9. The third kappa shape index (κ3) is 2.47. The second kappa shape index (κ2) is 6.01. The van der Waals surface area contributed by atoms with Gasteiger partial charge in [-0.3, -0.25) is 4.79 Å². The van der Waals surface area contributed by atoms with Crippen molar-refractivity contribution in [2.45, 2.75) is 25.8 Å². The van der Waals surface area contributed by atoms with Gasteiger partial charge >= 0.3 is 0 Å². The Morgan fingerprint density at radius 1 is 1.19 bits per heavy atom. The number of ether oxygens (including phenoxy) is 3. The average Bonchev–Trinajstić information content (AvgIpc) is 3.31. The molecule has 0 saturated heterocycles. The van der Waals surface area contributed by atoms with Gasteiger partial charge < -0.3 is 14.2 Å². The number of methoxy groups -OCH3 is 1. The van der Waals surface area contributed by atoms with E-state index in [2.05, 4.69) is 6.07 Å². The fourth-order valence-electron chi connectivity index (χ4n) is 4.31. The largest absolute Gasteiger partial charge is 0.497 e. The van der Waals surface area contributed by atoms with Gasteiger partial charge in [0.2, 0.25) is 12.7 Å². The molecule has 0 spiro atoms. The maximum atomic E-state index is 12.4. The molecule has 2 heterocycles. The number of hydrogen-bond acceptors (Lipinski definition) is 5. The van der Waals surface area contributed by atoms with Gasteiger partial charge in [0.15, 0.2) is 11.5 Å². The molecule has 6 nitrogen and oxygen atoms in total. The molecule has 2 aromatic carbocycles. The molecule has 0 N–H and O–H groups in total. The lowest BCUT2D eigenvalue weighted by Crippen LogP contribution is -2.31. The second-order valence-electron chi connectivity index (χ2n) is 7.07. The van der Waals surface area contributed by atoms with Crippen LogP contribution in [0, 0.1) is 5.92 Å². The molecule has 0 radical (unpaired) electrons. The van der Waals surface area contributed by atoms with Crippen molar-refractivity contribution in [2.24, 2.45) is 11.0 Å². The summed E-state index contributed by atoms with van der Waals surface area (Å²) < 4.78 is 16.4. The number of fused-ring (bicyclic) bond motifs is 4. The van der Waals surface area contributed by atoms with E-state index < -0.39 is 0 Å². The Morgan fingerprint density at radius 3 is 2.85 bits per heavy atom. The molecule has 3 aliphatic rings. The quantitative estimate of drug-likeness (QED) is 0.820. The van der Waals surface area contributed by atoms with E-state index in [1.165, 1.54) is 5.56 Å². The number of aryl methyl sites for hydroxylation is 1. The maximum absolute atomic E-state index is 12.4. The first-order valence-electron chi connectivity index (χ1n) is 9.11. The van der Waals surface area contributed by atoms with Crippen molar-refractivity contribution in [1.82, 2.24) is 5.01 Å². The summed E-state index contributed by atoms with van der Waals surface area (Å²) in [6.45, 7) is 1.80. The molecule has 27 heavy (non-hydrogen) atoms. The van der Waals surface area contributed by atoms with Crippen LogP contribution in [0.1, 0.15) is 36.1 Å². The molecule has 0 saturated carbocycles. The number of hydrazone groups is 1. The minimum Gasteiger partial charge on any atom is -0.497 e. The molecule has 6 heteroatoms. The summed E-state index contributed by atoms with van der Waals surface area (Å²) >= 11 is 0. The van der Waals surface area contributed by atoms with Crippen LogP contribution < -0.4 is 14.2 Å². The van der Waals surface area contributed by atoms with Crippen molar-refractivity contribution in [3.05, 3.63) is 53.1 Å². The van der Waals surface area contributed by atoms with Gasteiger partial charge in [0.1, 0.15) is 5.75 Å². The Hall–Kier alpha value is -3.02. The van der Waals surface area contributed by atoms with E-state index in [0.29, 0.717) is 0 Å². The SMILES string of the molecule is COc1ccc2c(c1)C1=NN(C(C)=O)[C@@H](c3ccc4c(c3)OCO4)[C@H]1CC2. The van der Waals surface area contributed by atoms with E-state index in [1.807, 2.05) is 30.3 Å². The van der Waals surface area contributed by atoms with Gasteiger partial charge in [-0.2, -0.15) is 5.10 Å². The summed E-state index contributed by atoms with van der Waals surface area (Å²) in [5.74, 6) is 2.35. The first-order valence-corrected chi connectivity index (χ1v) is 9.11. The summed E-state index contributed by atoms with van der Waals surface area (Å²) in [7, 11) is 1.66. The van der Waals surface area contributed by atoms with Gasteiger partial charge in [0.05, 0.1) is 18.9 Å². The highest BCUT2D eigenvalue weighted by Gasteiger charge is 2.43. The van der Waals surface area contributed by atoms with Crippen LogP contribution in [0.5, 0.6) is 17.2 Å². The molecule has 2 atom stereocenters. The van der Waals surface area contributed by atoms with Crippen molar-refractivity contribution < 1.29 is 19.0 Å². The Morgan fingerprint density at radius 2 is 2.04 bits per heavy atom. The molecular weight excluding hydrogens is 344 g/mol. The first kappa shape index (κ1) is 16.2. The minimum atomic E-state index is -0.133. The molecule has 0 fully saturated rings. The summed E-state index contributed by atoms with van der Waals surface area (Å²) in [6.07, 6.45) is 1.90. The Kier molecular flexibility index (Phi) is 3.60. The summed E-state index contributed by atoms with van der Waals surface area (Å²) in [5, 5.41) is 6.37. The van der Waals surface area contributed by atoms with Crippen molar-refractivity contribution in [3.8, 4) is 17.2 Å². The van der Waals surface area contributed by atoms with Crippen molar-refractivity contribution >= 4 is 11.6 Å². The number of nitrogens with zero attached hydrogens (tertiary/aromatic N) is 2. The van der Waals surface area contributed by atoms with Crippen molar-refractivity contribution in [2.75, 3.05) is 13.9 Å². The molecule has 1 aliphatic carbocycles. The first-order chi connectivity index (χ1) is 13.2. The molecule has 5 rings (SSSR count). The van der Waals surface area contributed by atoms with Gasteiger partial charge in [0, 0.05) is 18.4 Å². The second-order valence-corrected chi connectivity index (χ2v) is 7.07. The van der Waals surface area contributed by atoms with Crippen molar-refractivity contribution in [3.63, 3.8) is 0 Å². The van der Waals surface area contributed by atoms with E-state index in [-0.39, 0.29) is 24.7 Å². The standard InChI is InChI=1S/C21H20N2O4/c1-12(24)23-21(14-5-8-18-19(9-14)27-11-26-18)16-7-4-13-3-6-15(25-2)10-17(13)20(16)22-23/h3,5-6,8-10,16,21H,4,7,11H2,1-2H3/t16-,21-/m0/s1. The number of benzene rings is 2. The molecule has 0 bridgehead atoms. The molecule has 0 unspecified atom stereocenters. The highest BCUT2D eigenvalue weighted by molar-refractivity contribution is 6.07. The van der Waals surface area contributed by atoms with E-state index in [9.17, 15) is 4.79 Å². The zero-order valence-electron chi connectivity index (χ0n) is 15.3. The lowest BCUT2D eigenvalue weighted by atomic mass is 9.77. The molecule has 2 aliphatic heterocycles. The van der Waals surface area contributed by atoms with Crippen molar-refractivity contribution in [1.29, 1.82) is 0 Å². The van der Waals surface area contributed by atoms with E-state index in [1.54, 1.807) is 19.0 Å². The van der Waals surface area contributed by atoms with Crippen LogP contribution in [0.4, 0.5) is 0 Å². The lowest BCUT2D eigenvalue weighted by molar-refractivity contribution is -0.131. The van der Waals surface area contributed by atoms with E-state index >= 15 is 0 Å². The van der Waals surface area contributed by atoms with Gasteiger partial charge in [-0.15, -0.1) is 0 Å². The zero-order valence-corrected chi connectivity index (χ0v) is 15.3. The Balaban J connectivity index is 1.59. The predicted octanol–water partition coefficient (Wildman–Crippen LogP) is 3.29. The number of rotatable bonds is 2. The fourth-order valence-corrected chi connectivity index (χ4v) is 4.31. The topological polar surface area (TPSA) is 60.4 Å². The van der Waals surface area contributed by atoms with Crippen LogP contribution >= 0.6 is 0 Å². The minimum absolute atomic E-state index is 0.0657. The van der Waals surface area contributed by atoms with Crippen LogP contribution in [0.3, 0.4) is 0 Å². The van der Waals surface area contributed by atoms with Crippen LogP contribution in [-0.4, -0.2) is 30.5 Å². The summed E-state index contributed by atoms with van der Waals surface area (Å²) in [5.41, 5.74) is 4.32. The summed E-state index contributed by atoms with van der Waals surface area (Å²) in [4.78, 5) is 12.4. The number of carbonyl (C=O) groups excluding carboxylic acids is 1. The normalized spacial score (nSPS) is 22.1. The third-order valence-electron chi connectivity index (χ3n) is 5.59. The molecule has 2 aromatic rings. The van der Waals surface area contributed by atoms with Gasteiger partial charge in [-0.1, -0.05) is 12.1 Å². The molecule has 1 amide bonds. The number of carbonyl (C=O) groups is 1. The molecule has 138 valence electrons. The zero-order chi connectivity index (χ0) is 18.5. The van der Waals surface area contributed by atoms with E-state index in [4.69, 9.17) is 19.3 Å². The smallest absolute Gasteiger partial charge is 0.240 e.